The van der Waals surface area contributed by atoms with Gasteiger partial charge < -0.3 is 5.11 Å². The van der Waals surface area contributed by atoms with Gasteiger partial charge in [-0.2, -0.15) is 5.10 Å². The number of phenols is 1. The Hall–Kier alpha value is -5.21. The highest BCUT2D eigenvalue weighted by molar-refractivity contribution is 6.11. The van der Waals surface area contributed by atoms with Crippen molar-refractivity contribution in [1.82, 2.24) is 14.8 Å². The summed E-state index contributed by atoms with van der Waals surface area (Å²) >= 11 is 0. The van der Waals surface area contributed by atoms with Crippen LogP contribution in [0, 0.1) is 6.57 Å². The Balaban J connectivity index is 1.81. The Kier molecular flexibility index (Phi) is 5.91. The molecule has 0 amide bonds. The number of hydrogen-bond donors (Lipinski definition) is 1. The van der Waals surface area contributed by atoms with Gasteiger partial charge >= 0.3 is 0 Å². The highest BCUT2D eigenvalue weighted by Crippen LogP contribution is 2.48. The lowest BCUT2D eigenvalue weighted by atomic mass is 9.94. The molecule has 38 heavy (non-hydrogen) atoms. The summed E-state index contributed by atoms with van der Waals surface area (Å²) in [4.78, 5) is 9.13. The van der Waals surface area contributed by atoms with Crippen LogP contribution in [0.4, 0.5) is 5.69 Å². The second-order valence-corrected chi connectivity index (χ2v) is 9.02. The van der Waals surface area contributed by atoms with Crippen LogP contribution in [0.1, 0.15) is 12.5 Å². The van der Waals surface area contributed by atoms with Crippen molar-refractivity contribution >= 4 is 16.7 Å². The zero-order valence-electron chi connectivity index (χ0n) is 20.8. The summed E-state index contributed by atoms with van der Waals surface area (Å²) in [6, 6.07) is 35.1. The van der Waals surface area contributed by atoms with Crippen LogP contribution in [-0.4, -0.2) is 19.9 Å². The van der Waals surface area contributed by atoms with Crippen LogP contribution in [-0.2, 0) is 6.42 Å². The third-order valence-corrected chi connectivity index (χ3v) is 6.76. The predicted octanol–water partition coefficient (Wildman–Crippen LogP) is 8.24. The van der Waals surface area contributed by atoms with Crippen molar-refractivity contribution in [3.8, 4) is 45.1 Å². The van der Waals surface area contributed by atoms with E-state index in [1.807, 2.05) is 89.6 Å². The normalized spacial score (nSPS) is 10.9. The third kappa shape index (κ3) is 3.89. The van der Waals surface area contributed by atoms with Gasteiger partial charge in [-0.15, -0.1) is 0 Å². The summed E-state index contributed by atoms with van der Waals surface area (Å²) in [5, 5.41) is 16.8. The molecule has 5 nitrogen and oxygen atoms in total. The SMILES string of the molecule is [C-]#[N+]c1c(-c2ccc(CC)cc2)nc2c(c(-c3ccccc3)nn2-c2ccccc2)c1-c1ccccc1O. The minimum absolute atomic E-state index is 0.101. The quantitative estimate of drug-likeness (QED) is 0.247. The molecule has 0 aliphatic carbocycles. The van der Waals surface area contributed by atoms with E-state index in [4.69, 9.17) is 16.7 Å². The fourth-order valence-corrected chi connectivity index (χ4v) is 4.84. The molecule has 0 unspecified atom stereocenters. The van der Waals surface area contributed by atoms with E-state index in [-0.39, 0.29) is 5.75 Å². The highest BCUT2D eigenvalue weighted by Gasteiger charge is 2.26. The molecule has 2 heterocycles. The van der Waals surface area contributed by atoms with Crippen molar-refractivity contribution in [3.05, 3.63) is 126 Å². The molecule has 0 radical (unpaired) electrons. The molecule has 0 bridgehead atoms. The first kappa shape index (κ1) is 23.2. The van der Waals surface area contributed by atoms with Crippen LogP contribution in [0.15, 0.2) is 109 Å². The maximum absolute atomic E-state index is 11.0. The van der Waals surface area contributed by atoms with Crippen molar-refractivity contribution in [2.75, 3.05) is 0 Å². The van der Waals surface area contributed by atoms with Gasteiger partial charge in [0.05, 0.1) is 18.0 Å². The van der Waals surface area contributed by atoms with Crippen LogP contribution in [0.25, 0.3) is 55.2 Å². The summed E-state index contributed by atoms with van der Waals surface area (Å²) in [6.07, 6.45) is 0.923. The van der Waals surface area contributed by atoms with Crippen LogP contribution in [0.3, 0.4) is 0 Å². The summed E-state index contributed by atoms with van der Waals surface area (Å²) in [5.41, 5.74) is 7.27. The standard InChI is InChI=1S/C33H24N4O/c1-3-22-18-20-24(21-19-22)31-32(34-2)28(26-16-10-11-17-27(26)38)29-30(23-12-6-4-7-13-23)36-37(33(29)35-31)25-14-8-5-9-15-25/h4-21,38H,3H2,1H3. The molecule has 0 aliphatic rings. The topological polar surface area (TPSA) is 55.3 Å². The van der Waals surface area contributed by atoms with Crippen LogP contribution >= 0.6 is 0 Å². The van der Waals surface area contributed by atoms with Crippen molar-refractivity contribution in [1.29, 1.82) is 0 Å². The second-order valence-electron chi connectivity index (χ2n) is 9.02. The van der Waals surface area contributed by atoms with Crippen molar-refractivity contribution < 1.29 is 5.11 Å². The minimum atomic E-state index is 0.101. The third-order valence-electron chi connectivity index (χ3n) is 6.76. The van der Waals surface area contributed by atoms with Gasteiger partial charge in [-0.1, -0.05) is 97.9 Å². The molecule has 1 N–H and O–H groups in total. The summed E-state index contributed by atoms with van der Waals surface area (Å²) in [7, 11) is 0. The minimum Gasteiger partial charge on any atom is -0.507 e. The van der Waals surface area contributed by atoms with Crippen molar-refractivity contribution in [2.45, 2.75) is 13.3 Å². The van der Waals surface area contributed by atoms with Crippen LogP contribution in [0.5, 0.6) is 5.75 Å². The Morgan fingerprint density at radius 1 is 0.763 bits per heavy atom. The van der Waals surface area contributed by atoms with E-state index in [0.717, 1.165) is 28.6 Å². The van der Waals surface area contributed by atoms with E-state index < -0.39 is 0 Å². The molecule has 0 saturated carbocycles. The molecule has 2 aromatic heterocycles. The largest absolute Gasteiger partial charge is 0.507 e. The van der Waals surface area contributed by atoms with E-state index in [9.17, 15) is 5.11 Å². The number of aromatic nitrogens is 3. The lowest BCUT2D eigenvalue weighted by Crippen LogP contribution is -1.99. The number of phenolic OH excluding ortho intramolecular Hbond substituents is 1. The molecule has 0 atom stereocenters. The summed E-state index contributed by atoms with van der Waals surface area (Å²) in [5.74, 6) is 0.101. The van der Waals surface area contributed by atoms with Gasteiger partial charge in [0.2, 0.25) is 5.69 Å². The lowest BCUT2D eigenvalue weighted by Gasteiger charge is -2.14. The van der Waals surface area contributed by atoms with Gasteiger partial charge in [-0.25, -0.2) is 14.5 Å². The Morgan fingerprint density at radius 3 is 2.05 bits per heavy atom. The van der Waals surface area contributed by atoms with E-state index in [1.54, 1.807) is 12.1 Å². The Morgan fingerprint density at radius 2 is 1.39 bits per heavy atom. The number of para-hydroxylation sites is 2. The molecular weight excluding hydrogens is 468 g/mol. The van der Waals surface area contributed by atoms with Crippen LogP contribution in [0.2, 0.25) is 0 Å². The first-order valence-electron chi connectivity index (χ1n) is 12.5. The molecule has 0 aliphatic heterocycles. The van der Waals surface area contributed by atoms with Crippen molar-refractivity contribution in [3.63, 3.8) is 0 Å². The van der Waals surface area contributed by atoms with Gasteiger partial charge in [0, 0.05) is 22.1 Å². The number of pyridine rings is 1. The average Bonchev–Trinajstić information content (AvgIpc) is 3.37. The highest BCUT2D eigenvalue weighted by atomic mass is 16.3. The monoisotopic (exact) mass is 492 g/mol. The van der Waals surface area contributed by atoms with Gasteiger partial charge in [0.1, 0.15) is 11.4 Å². The first-order chi connectivity index (χ1) is 18.7. The number of fused-ring (bicyclic) bond motifs is 1. The molecule has 6 rings (SSSR count). The van der Waals surface area contributed by atoms with E-state index in [1.165, 1.54) is 5.56 Å². The van der Waals surface area contributed by atoms with Gasteiger partial charge in [-0.3, -0.25) is 0 Å². The van der Waals surface area contributed by atoms with Crippen molar-refractivity contribution in [2.24, 2.45) is 0 Å². The van der Waals surface area contributed by atoms with Gasteiger partial charge in [0.25, 0.3) is 0 Å². The number of aryl methyl sites for hydroxylation is 1. The summed E-state index contributed by atoms with van der Waals surface area (Å²) < 4.78 is 1.83. The summed E-state index contributed by atoms with van der Waals surface area (Å²) in [6.45, 7) is 10.4. The van der Waals surface area contributed by atoms with E-state index in [2.05, 4.69) is 23.9 Å². The number of benzene rings is 4. The molecule has 182 valence electrons. The second kappa shape index (κ2) is 9.68. The first-order valence-corrected chi connectivity index (χ1v) is 12.5. The Bertz CT molecular complexity index is 1800. The molecule has 0 spiro atoms. The molecular formula is C33H24N4O. The van der Waals surface area contributed by atoms with Crippen LogP contribution < -0.4 is 0 Å². The number of nitrogens with zero attached hydrogens (tertiary/aromatic N) is 4. The number of aromatic hydroxyl groups is 1. The smallest absolute Gasteiger partial charge is 0.221 e. The van der Waals surface area contributed by atoms with E-state index in [0.29, 0.717) is 33.8 Å². The average molecular weight is 493 g/mol. The zero-order chi connectivity index (χ0) is 26.1. The maximum Gasteiger partial charge on any atom is 0.221 e. The van der Waals surface area contributed by atoms with E-state index >= 15 is 0 Å². The number of rotatable bonds is 5. The Labute approximate surface area is 221 Å². The van der Waals surface area contributed by atoms with Gasteiger partial charge in [-0.05, 0) is 35.7 Å². The fraction of sp³-hybridized carbons (Fsp3) is 0.0606. The maximum atomic E-state index is 11.0. The molecule has 0 saturated heterocycles. The molecule has 5 heteroatoms. The fourth-order valence-electron chi connectivity index (χ4n) is 4.84. The lowest BCUT2D eigenvalue weighted by molar-refractivity contribution is 0.477. The predicted molar refractivity (Wildman–Crippen MR) is 152 cm³/mol. The molecule has 6 aromatic rings. The number of hydrogen-bond acceptors (Lipinski definition) is 3. The van der Waals surface area contributed by atoms with Gasteiger partial charge in [0.15, 0.2) is 5.65 Å². The molecule has 4 aromatic carbocycles. The zero-order valence-corrected chi connectivity index (χ0v) is 20.8. The molecule has 0 fully saturated rings.